The number of anilines is 1. The summed E-state index contributed by atoms with van der Waals surface area (Å²) in [6.07, 6.45) is 0. The smallest absolute Gasteiger partial charge is 0.250 e. The highest BCUT2D eigenvalue weighted by atomic mass is 16.5. The molecule has 0 saturated heterocycles. The number of hydrogen-bond acceptors (Lipinski definition) is 5. The van der Waals surface area contributed by atoms with Crippen molar-refractivity contribution in [2.45, 2.75) is 19.6 Å². The number of hydrogen-bond donors (Lipinski definition) is 1. The zero-order chi connectivity index (χ0) is 20.8. The molecule has 7 heteroatoms. The predicted octanol–water partition coefficient (Wildman–Crippen LogP) is 4.12. The van der Waals surface area contributed by atoms with Crippen LogP contribution in [0.1, 0.15) is 18.5 Å². The second kappa shape index (κ2) is 9.00. The van der Waals surface area contributed by atoms with Crippen LogP contribution in [0.5, 0.6) is 5.75 Å². The number of benzene rings is 3. The molecule has 0 aliphatic rings. The lowest BCUT2D eigenvalue weighted by atomic mass is 10.2. The summed E-state index contributed by atoms with van der Waals surface area (Å²) < 4.78 is 5.77. The van der Waals surface area contributed by atoms with Crippen molar-refractivity contribution in [3.05, 3.63) is 90.5 Å². The third kappa shape index (κ3) is 4.70. The van der Waals surface area contributed by atoms with Gasteiger partial charge in [-0.1, -0.05) is 60.7 Å². The van der Waals surface area contributed by atoms with E-state index in [1.165, 1.54) is 4.80 Å². The van der Waals surface area contributed by atoms with Crippen molar-refractivity contribution in [1.29, 1.82) is 0 Å². The van der Waals surface area contributed by atoms with Crippen LogP contribution < -0.4 is 10.1 Å². The second-order valence-electron chi connectivity index (χ2n) is 6.76. The number of tetrazole rings is 1. The normalized spacial score (nSPS) is 11.6. The SMILES string of the molecule is C[C@H](C(=O)Nc1ccc(OCc2ccccc2)cc1)n1nnc(-c2ccccc2)n1. The van der Waals surface area contributed by atoms with Gasteiger partial charge in [0, 0.05) is 11.3 Å². The number of nitrogens with one attached hydrogen (secondary N) is 1. The number of aromatic nitrogens is 4. The topological polar surface area (TPSA) is 81.9 Å². The molecular formula is C23H21N5O2. The molecule has 0 spiro atoms. The van der Waals surface area contributed by atoms with Gasteiger partial charge in [-0.15, -0.1) is 10.2 Å². The van der Waals surface area contributed by atoms with Crippen LogP contribution in [-0.2, 0) is 11.4 Å². The minimum Gasteiger partial charge on any atom is -0.489 e. The standard InChI is InChI=1S/C23H21N5O2/c1-17(28-26-22(25-27-28)19-10-6-3-7-11-19)23(29)24-20-12-14-21(15-13-20)30-16-18-8-4-2-5-9-18/h2-15,17H,16H2,1H3,(H,24,29)/t17-/m1/s1. The van der Waals surface area contributed by atoms with Gasteiger partial charge in [-0.25, -0.2) is 0 Å². The number of amides is 1. The quantitative estimate of drug-likeness (QED) is 0.506. The van der Waals surface area contributed by atoms with E-state index in [-0.39, 0.29) is 5.91 Å². The van der Waals surface area contributed by atoms with Gasteiger partial charge in [-0.2, -0.15) is 4.80 Å². The van der Waals surface area contributed by atoms with E-state index in [1.807, 2.05) is 72.8 Å². The molecule has 0 bridgehead atoms. The number of ether oxygens (including phenoxy) is 1. The van der Waals surface area contributed by atoms with Gasteiger partial charge in [0.15, 0.2) is 0 Å². The number of nitrogens with zero attached hydrogens (tertiary/aromatic N) is 4. The molecule has 1 aromatic heterocycles. The molecular weight excluding hydrogens is 378 g/mol. The summed E-state index contributed by atoms with van der Waals surface area (Å²) >= 11 is 0. The van der Waals surface area contributed by atoms with E-state index in [9.17, 15) is 4.79 Å². The van der Waals surface area contributed by atoms with E-state index in [1.54, 1.807) is 19.1 Å². The van der Waals surface area contributed by atoms with Crippen LogP contribution in [0, 0.1) is 0 Å². The Balaban J connectivity index is 1.35. The Labute approximate surface area is 174 Å². The van der Waals surface area contributed by atoms with Crippen molar-refractivity contribution >= 4 is 11.6 Å². The fraction of sp³-hybridized carbons (Fsp3) is 0.130. The van der Waals surface area contributed by atoms with Crippen LogP contribution in [0.2, 0.25) is 0 Å². The fourth-order valence-corrected chi connectivity index (χ4v) is 2.82. The summed E-state index contributed by atoms with van der Waals surface area (Å²) in [5.41, 5.74) is 2.61. The Morgan fingerprint density at radius 1 is 0.967 bits per heavy atom. The average molecular weight is 399 g/mol. The van der Waals surface area contributed by atoms with Crippen molar-refractivity contribution in [3.8, 4) is 17.1 Å². The maximum absolute atomic E-state index is 12.6. The van der Waals surface area contributed by atoms with Crippen molar-refractivity contribution < 1.29 is 9.53 Å². The maximum Gasteiger partial charge on any atom is 0.250 e. The van der Waals surface area contributed by atoms with Gasteiger partial charge in [-0.05, 0) is 42.0 Å². The van der Waals surface area contributed by atoms with Crippen molar-refractivity contribution in [2.75, 3.05) is 5.32 Å². The Bertz CT molecular complexity index is 1100. The third-order valence-corrected chi connectivity index (χ3v) is 4.56. The lowest BCUT2D eigenvalue weighted by molar-refractivity contribution is -0.119. The van der Waals surface area contributed by atoms with E-state index < -0.39 is 6.04 Å². The predicted molar refractivity (Wildman–Crippen MR) is 114 cm³/mol. The lowest BCUT2D eigenvalue weighted by Crippen LogP contribution is -2.25. The van der Waals surface area contributed by atoms with Gasteiger partial charge in [0.05, 0.1) is 0 Å². The van der Waals surface area contributed by atoms with Crippen LogP contribution >= 0.6 is 0 Å². The van der Waals surface area contributed by atoms with Gasteiger partial charge < -0.3 is 10.1 Å². The summed E-state index contributed by atoms with van der Waals surface area (Å²) in [6, 6.07) is 26.1. The van der Waals surface area contributed by atoms with Gasteiger partial charge in [-0.3, -0.25) is 4.79 Å². The lowest BCUT2D eigenvalue weighted by Gasteiger charge is -2.11. The Kier molecular flexibility index (Phi) is 5.80. The highest BCUT2D eigenvalue weighted by molar-refractivity contribution is 5.93. The third-order valence-electron chi connectivity index (χ3n) is 4.56. The molecule has 1 N–H and O–H groups in total. The van der Waals surface area contributed by atoms with Crippen molar-refractivity contribution in [2.24, 2.45) is 0 Å². The zero-order valence-electron chi connectivity index (χ0n) is 16.5. The summed E-state index contributed by atoms with van der Waals surface area (Å²) in [7, 11) is 0. The molecule has 3 aromatic carbocycles. The summed E-state index contributed by atoms with van der Waals surface area (Å²) in [5, 5.41) is 15.2. The molecule has 0 aliphatic heterocycles. The van der Waals surface area contributed by atoms with Crippen molar-refractivity contribution in [1.82, 2.24) is 20.2 Å². The monoisotopic (exact) mass is 399 g/mol. The van der Waals surface area contributed by atoms with Crippen LogP contribution in [0.15, 0.2) is 84.9 Å². The molecule has 4 aromatic rings. The molecule has 1 heterocycles. The molecule has 30 heavy (non-hydrogen) atoms. The minimum atomic E-state index is -0.607. The first kappa shape index (κ1) is 19.3. The molecule has 1 atom stereocenters. The van der Waals surface area contributed by atoms with Gasteiger partial charge >= 0.3 is 0 Å². The molecule has 0 aliphatic carbocycles. The zero-order valence-corrected chi connectivity index (χ0v) is 16.5. The number of carbonyl (C=O) groups is 1. The molecule has 4 rings (SSSR count). The second-order valence-corrected chi connectivity index (χ2v) is 6.76. The molecule has 0 unspecified atom stereocenters. The Morgan fingerprint density at radius 3 is 2.33 bits per heavy atom. The van der Waals surface area contributed by atoms with Crippen LogP contribution in [0.3, 0.4) is 0 Å². The van der Waals surface area contributed by atoms with E-state index in [4.69, 9.17) is 4.74 Å². The Morgan fingerprint density at radius 2 is 1.63 bits per heavy atom. The highest BCUT2D eigenvalue weighted by Crippen LogP contribution is 2.19. The molecule has 1 amide bonds. The van der Waals surface area contributed by atoms with Crippen LogP contribution in [0.25, 0.3) is 11.4 Å². The first-order valence-electron chi connectivity index (χ1n) is 9.61. The average Bonchev–Trinajstić information content (AvgIpc) is 3.30. The number of carbonyl (C=O) groups excluding carboxylic acids is 1. The molecule has 0 radical (unpaired) electrons. The summed E-state index contributed by atoms with van der Waals surface area (Å²) in [4.78, 5) is 13.9. The highest BCUT2D eigenvalue weighted by Gasteiger charge is 2.19. The van der Waals surface area contributed by atoms with Crippen LogP contribution in [-0.4, -0.2) is 26.1 Å². The first-order chi connectivity index (χ1) is 14.7. The molecule has 150 valence electrons. The summed E-state index contributed by atoms with van der Waals surface area (Å²) in [6.45, 7) is 2.22. The van der Waals surface area contributed by atoms with E-state index >= 15 is 0 Å². The molecule has 7 nitrogen and oxygen atoms in total. The first-order valence-corrected chi connectivity index (χ1v) is 9.61. The maximum atomic E-state index is 12.6. The van der Waals surface area contributed by atoms with E-state index in [0.29, 0.717) is 18.1 Å². The van der Waals surface area contributed by atoms with Crippen molar-refractivity contribution in [3.63, 3.8) is 0 Å². The van der Waals surface area contributed by atoms with E-state index in [0.717, 1.165) is 16.9 Å². The largest absolute Gasteiger partial charge is 0.489 e. The Hall–Kier alpha value is -4.00. The number of rotatable bonds is 7. The van der Waals surface area contributed by atoms with Gasteiger partial charge in [0.2, 0.25) is 5.82 Å². The minimum absolute atomic E-state index is 0.232. The van der Waals surface area contributed by atoms with Crippen LogP contribution in [0.4, 0.5) is 5.69 Å². The van der Waals surface area contributed by atoms with Gasteiger partial charge in [0.25, 0.3) is 5.91 Å². The molecule has 0 fully saturated rings. The fourth-order valence-electron chi connectivity index (χ4n) is 2.82. The van der Waals surface area contributed by atoms with E-state index in [2.05, 4.69) is 20.7 Å². The summed E-state index contributed by atoms with van der Waals surface area (Å²) in [5.74, 6) is 0.982. The molecule has 0 saturated carbocycles. The van der Waals surface area contributed by atoms with Gasteiger partial charge in [0.1, 0.15) is 18.4 Å².